The van der Waals surface area contributed by atoms with Crippen LogP contribution < -0.4 is 16.0 Å². The van der Waals surface area contributed by atoms with Crippen molar-refractivity contribution >= 4 is 28.8 Å². The molecule has 0 saturated heterocycles. The Morgan fingerprint density at radius 3 is 2.71 bits per heavy atom. The molecule has 1 saturated carbocycles. The maximum absolute atomic E-state index is 12.3. The van der Waals surface area contributed by atoms with E-state index in [0.29, 0.717) is 11.0 Å². The molecule has 2 rings (SSSR count). The van der Waals surface area contributed by atoms with Gasteiger partial charge in [0.1, 0.15) is 11.0 Å². The van der Waals surface area contributed by atoms with Gasteiger partial charge in [0.2, 0.25) is 5.91 Å². The first-order valence-electron chi connectivity index (χ1n) is 7.42. The van der Waals surface area contributed by atoms with Gasteiger partial charge in [0.15, 0.2) is 0 Å². The smallest absolute Gasteiger partial charge is 0.242 e. The molecule has 1 atom stereocenters. The van der Waals surface area contributed by atoms with Crippen molar-refractivity contribution in [2.24, 2.45) is 5.73 Å². The van der Waals surface area contributed by atoms with Gasteiger partial charge in [-0.3, -0.25) is 4.79 Å². The van der Waals surface area contributed by atoms with Crippen LogP contribution in [0.25, 0.3) is 0 Å². The quantitative estimate of drug-likeness (QED) is 0.819. The van der Waals surface area contributed by atoms with Crippen LogP contribution in [0.5, 0.6) is 0 Å². The van der Waals surface area contributed by atoms with Gasteiger partial charge in [-0.05, 0) is 31.9 Å². The SMILES string of the molecule is CC(C(=O)NC1CCCC1)N(C)c1cccc(C(N)=S)c1. The molecule has 114 valence electrons. The standard InChI is InChI=1S/C16H23N3OS/c1-11(16(20)18-13-7-3-4-8-13)19(2)14-9-5-6-12(10-14)15(17)21/h5-6,9-11,13H,3-4,7-8H2,1-2H3,(H2,17,21)(H,18,20). The molecule has 1 aromatic rings. The Bertz CT molecular complexity index is 526. The maximum Gasteiger partial charge on any atom is 0.242 e. The number of thiocarbonyl (C=S) groups is 1. The first kappa shape index (κ1) is 15.8. The van der Waals surface area contributed by atoms with Gasteiger partial charge in [-0.1, -0.05) is 37.2 Å². The Balaban J connectivity index is 2.03. The fourth-order valence-electron chi connectivity index (χ4n) is 2.67. The van der Waals surface area contributed by atoms with Gasteiger partial charge < -0.3 is 16.0 Å². The van der Waals surface area contributed by atoms with Crippen molar-refractivity contribution in [3.63, 3.8) is 0 Å². The number of carbonyl (C=O) groups excluding carboxylic acids is 1. The molecule has 1 aromatic carbocycles. The van der Waals surface area contributed by atoms with E-state index >= 15 is 0 Å². The zero-order chi connectivity index (χ0) is 15.4. The minimum atomic E-state index is -0.229. The number of carbonyl (C=O) groups is 1. The van der Waals surface area contributed by atoms with E-state index in [1.165, 1.54) is 12.8 Å². The lowest BCUT2D eigenvalue weighted by Crippen LogP contribution is -2.46. The largest absolute Gasteiger partial charge is 0.389 e. The van der Waals surface area contributed by atoms with E-state index < -0.39 is 0 Å². The minimum absolute atomic E-state index is 0.0742. The summed E-state index contributed by atoms with van der Waals surface area (Å²) >= 11 is 5.00. The summed E-state index contributed by atoms with van der Waals surface area (Å²) in [6.45, 7) is 1.91. The van der Waals surface area contributed by atoms with Crippen molar-refractivity contribution in [3.05, 3.63) is 29.8 Å². The summed E-state index contributed by atoms with van der Waals surface area (Å²) in [6, 6.07) is 7.77. The predicted molar refractivity (Wildman–Crippen MR) is 90.6 cm³/mol. The molecule has 1 aliphatic carbocycles. The van der Waals surface area contributed by atoms with Gasteiger partial charge in [0.05, 0.1) is 0 Å². The number of rotatable bonds is 5. The second-order valence-electron chi connectivity index (χ2n) is 5.69. The highest BCUT2D eigenvalue weighted by Gasteiger charge is 2.23. The van der Waals surface area contributed by atoms with Crippen LogP contribution in [0, 0.1) is 0 Å². The third kappa shape index (κ3) is 3.94. The average molecular weight is 305 g/mol. The van der Waals surface area contributed by atoms with Crippen molar-refractivity contribution in [2.45, 2.75) is 44.7 Å². The van der Waals surface area contributed by atoms with E-state index in [-0.39, 0.29) is 11.9 Å². The zero-order valence-corrected chi connectivity index (χ0v) is 13.5. The molecule has 1 amide bonds. The van der Waals surface area contributed by atoms with E-state index in [4.69, 9.17) is 18.0 Å². The summed E-state index contributed by atoms with van der Waals surface area (Å²) in [7, 11) is 1.91. The fourth-order valence-corrected chi connectivity index (χ4v) is 2.80. The van der Waals surface area contributed by atoms with Crippen molar-refractivity contribution in [1.82, 2.24) is 5.32 Å². The molecule has 1 unspecified atom stereocenters. The molecule has 5 heteroatoms. The van der Waals surface area contributed by atoms with Gasteiger partial charge in [0, 0.05) is 24.3 Å². The predicted octanol–water partition coefficient (Wildman–Crippen LogP) is 2.20. The molecule has 4 nitrogen and oxygen atoms in total. The first-order chi connectivity index (χ1) is 9.99. The third-order valence-corrected chi connectivity index (χ3v) is 4.44. The summed E-state index contributed by atoms with van der Waals surface area (Å²) in [6.07, 6.45) is 4.62. The van der Waals surface area contributed by atoms with Crippen molar-refractivity contribution < 1.29 is 4.79 Å². The average Bonchev–Trinajstić information content (AvgIpc) is 2.98. The third-order valence-electron chi connectivity index (χ3n) is 4.20. The van der Waals surface area contributed by atoms with Gasteiger partial charge in [-0.2, -0.15) is 0 Å². The van der Waals surface area contributed by atoms with Crippen molar-refractivity contribution in [2.75, 3.05) is 11.9 Å². The maximum atomic E-state index is 12.3. The number of nitrogens with two attached hydrogens (primary N) is 1. The van der Waals surface area contributed by atoms with Crippen LogP contribution in [0.4, 0.5) is 5.69 Å². The fraction of sp³-hybridized carbons (Fsp3) is 0.500. The van der Waals surface area contributed by atoms with Crippen LogP contribution in [0.15, 0.2) is 24.3 Å². The Kier molecular flexibility index (Phi) is 5.17. The van der Waals surface area contributed by atoms with E-state index in [9.17, 15) is 4.79 Å². The van der Waals surface area contributed by atoms with E-state index in [1.54, 1.807) is 0 Å². The van der Waals surface area contributed by atoms with Crippen LogP contribution in [0.2, 0.25) is 0 Å². The Labute approximate surface area is 131 Å². The summed E-state index contributed by atoms with van der Waals surface area (Å²) in [4.78, 5) is 14.6. The van der Waals surface area contributed by atoms with E-state index in [0.717, 1.165) is 24.1 Å². The molecule has 0 aromatic heterocycles. The van der Waals surface area contributed by atoms with Crippen LogP contribution in [-0.2, 0) is 4.79 Å². The Morgan fingerprint density at radius 2 is 2.10 bits per heavy atom. The van der Waals surface area contributed by atoms with Gasteiger partial charge in [-0.25, -0.2) is 0 Å². The van der Waals surface area contributed by atoms with E-state index in [2.05, 4.69) is 5.32 Å². The van der Waals surface area contributed by atoms with Gasteiger partial charge >= 0.3 is 0 Å². The number of benzene rings is 1. The van der Waals surface area contributed by atoms with Crippen LogP contribution in [0.3, 0.4) is 0 Å². The minimum Gasteiger partial charge on any atom is -0.389 e. The molecule has 0 spiro atoms. The van der Waals surface area contributed by atoms with Crippen LogP contribution in [0.1, 0.15) is 38.2 Å². The van der Waals surface area contributed by atoms with Gasteiger partial charge in [0.25, 0.3) is 0 Å². The monoisotopic (exact) mass is 305 g/mol. The lowest BCUT2D eigenvalue weighted by molar-refractivity contribution is -0.122. The molecule has 0 heterocycles. The number of amides is 1. The summed E-state index contributed by atoms with van der Waals surface area (Å²) < 4.78 is 0. The molecule has 21 heavy (non-hydrogen) atoms. The number of hydrogen-bond acceptors (Lipinski definition) is 3. The van der Waals surface area contributed by atoms with Crippen molar-refractivity contribution in [3.8, 4) is 0 Å². The van der Waals surface area contributed by atoms with Crippen LogP contribution in [-0.4, -0.2) is 30.0 Å². The summed E-state index contributed by atoms with van der Waals surface area (Å²) in [5.74, 6) is 0.0742. The second-order valence-corrected chi connectivity index (χ2v) is 6.13. The molecule has 1 aliphatic rings. The highest BCUT2D eigenvalue weighted by Crippen LogP contribution is 2.20. The number of likely N-dealkylation sites (N-methyl/N-ethyl adjacent to an activating group) is 1. The zero-order valence-electron chi connectivity index (χ0n) is 12.6. The second kappa shape index (κ2) is 6.89. The number of nitrogens with zero attached hydrogens (tertiary/aromatic N) is 1. The molecule has 1 fully saturated rings. The molecule has 0 radical (unpaired) electrons. The molecular weight excluding hydrogens is 282 g/mol. The molecular formula is C16H23N3OS. The topological polar surface area (TPSA) is 58.4 Å². The lowest BCUT2D eigenvalue weighted by Gasteiger charge is -2.27. The molecule has 0 aliphatic heterocycles. The Hall–Kier alpha value is -1.62. The summed E-state index contributed by atoms with van der Waals surface area (Å²) in [5, 5.41) is 3.14. The highest BCUT2D eigenvalue weighted by atomic mass is 32.1. The normalized spacial score (nSPS) is 16.5. The summed E-state index contributed by atoms with van der Waals surface area (Å²) in [5.41, 5.74) is 7.42. The van der Waals surface area contributed by atoms with E-state index in [1.807, 2.05) is 43.1 Å². The van der Waals surface area contributed by atoms with Crippen molar-refractivity contribution in [1.29, 1.82) is 0 Å². The Morgan fingerprint density at radius 1 is 1.43 bits per heavy atom. The molecule has 0 bridgehead atoms. The first-order valence-corrected chi connectivity index (χ1v) is 7.83. The van der Waals surface area contributed by atoms with Crippen LogP contribution >= 0.6 is 12.2 Å². The molecule has 3 N–H and O–H groups in total. The lowest BCUT2D eigenvalue weighted by atomic mass is 10.1. The highest BCUT2D eigenvalue weighted by molar-refractivity contribution is 7.80. The number of anilines is 1. The number of nitrogens with one attached hydrogen (secondary N) is 1. The van der Waals surface area contributed by atoms with Gasteiger partial charge in [-0.15, -0.1) is 0 Å². The number of hydrogen-bond donors (Lipinski definition) is 2.